The van der Waals surface area contributed by atoms with Crippen molar-refractivity contribution in [3.05, 3.63) is 23.7 Å². The van der Waals surface area contributed by atoms with Gasteiger partial charge in [0.2, 0.25) is 0 Å². The molecule has 35 heavy (non-hydrogen) atoms. The van der Waals surface area contributed by atoms with Crippen molar-refractivity contribution in [2.75, 3.05) is 13.2 Å². The SMILES string of the molecule is CCCC1CCC(CCC2CCC3CC(COC4(C)C=CC(OCC)=C(F)C4F)CCC3C2)CC1. The van der Waals surface area contributed by atoms with Crippen LogP contribution in [0.5, 0.6) is 0 Å². The van der Waals surface area contributed by atoms with Crippen LogP contribution in [0.1, 0.15) is 111 Å². The fourth-order valence-corrected chi connectivity index (χ4v) is 7.66. The van der Waals surface area contributed by atoms with Crippen LogP contribution in [0.25, 0.3) is 0 Å². The van der Waals surface area contributed by atoms with Gasteiger partial charge >= 0.3 is 0 Å². The lowest BCUT2D eigenvalue weighted by atomic mass is 9.64. The lowest BCUT2D eigenvalue weighted by molar-refractivity contribution is -0.0726. The van der Waals surface area contributed by atoms with E-state index in [1.807, 2.05) is 0 Å². The van der Waals surface area contributed by atoms with Crippen molar-refractivity contribution in [2.45, 2.75) is 122 Å². The third-order valence-corrected chi connectivity index (χ3v) is 9.93. The monoisotopic (exact) mass is 492 g/mol. The summed E-state index contributed by atoms with van der Waals surface area (Å²) in [7, 11) is 0. The highest BCUT2D eigenvalue weighted by Crippen LogP contribution is 2.47. The van der Waals surface area contributed by atoms with Gasteiger partial charge in [0.1, 0.15) is 5.60 Å². The van der Waals surface area contributed by atoms with Crippen molar-refractivity contribution >= 4 is 0 Å². The summed E-state index contributed by atoms with van der Waals surface area (Å²) < 4.78 is 40.5. The smallest absolute Gasteiger partial charge is 0.187 e. The van der Waals surface area contributed by atoms with Gasteiger partial charge in [-0.05, 0) is 93.6 Å². The van der Waals surface area contributed by atoms with Crippen molar-refractivity contribution in [1.82, 2.24) is 0 Å². The quantitative estimate of drug-likeness (QED) is 0.303. The Morgan fingerprint density at radius 2 is 1.40 bits per heavy atom. The maximum atomic E-state index is 14.8. The molecule has 6 unspecified atom stereocenters. The maximum absolute atomic E-state index is 14.8. The van der Waals surface area contributed by atoms with Crippen LogP contribution in [0.2, 0.25) is 0 Å². The van der Waals surface area contributed by atoms with Gasteiger partial charge in [0.15, 0.2) is 17.8 Å². The average molecular weight is 493 g/mol. The molecule has 0 heterocycles. The topological polar surface area (TPSA) is 18.5 Å². The molecule has 2 nitrogen and oxygen atoms in total. The Bertz CT molecular complexity index is 725. The summed E-state index contributed by atoms with van der Waals surface area (Å²) in [6, 6.07) is 0. The predicted molar refractivity (Wildman–Crippen MR) is 139 cm³/mol. The molecule has 0 aromatic carbocycles. The number of hydrogen-bond donors (Lipinski definition) is 0. The molecule has 3 saturated carbocycles. The maximum Gasteiger partial charge on any atom is 0.187 e. The molecule has 200 valence electrons. The number of halogens is 2. The van der Waals surface area contributed by atoms with E-state index < -0.39 is 17.6 Å². The van der Waals surface area contributed by atoms with Gasteiger partial charge in [-0.1, -0.05) is 64.7 Å². The van der Waals surface area contributed by atoms with Crippen LogP contribution in [0.15, 0.2) is 23.7 Å². The van der Waals surface area contributed by atoms with Crippen molar-refractivity contribution in [3.63, 3.8) is 0 Å². The summed E-state index contributed by atoms with van der Waals surface area (Å²) in [4.78, 5) is 0. The summed E-state index contributed by atoms with van der Waals surface area (Å²) in [5.41, 5.74) is -1.24. The molecule has 0 N–H and O–H groups in total. The molecular weight excluding hydrogens is 442 g/mol. The van der Waals surface area contributed by atoms with Crippen molar-refractivity contribution in [1.29, 1.82) is 0 Å². The van der Waals surface area contributed by atoms with Crippen molar-refractivity contribution in [2.24, 2.45) is 35.5 Å². The van der Waals surface area contributed by atoms with Crippen LogP contribution in [0.3, 0.4) is 0 Å². The fraction of sp³-hybridized carbons (Fsp3) is 0.871. The highest BCUT2D eigenvalue weighted by atomic mass is 19.2. The van der Waals surface area contributed by atoms with E-state index in [4.69, 9.17) is 9.47 Å². The molecule has 0 aromatic heterocycles. The van der Waals surface area contributed by atoms with Gasteiger partial charge in [-0.15, -0.1) is 0 Å². The number of allylic oxidation sites excluding steroid dienone is 1. The summed E-state index contributed by atoms with van der Waals surface area (Å²) in [6.07, 6.45) is 20.8. The first kappa shape index (κ1) is 27.1. The van der Waals surface area contributed by atoms with E-state index in [1.165, 1.54) is 89.5 Å². The molecule has 4 aliphatic carbocycles. The zero-order valence-corrected chi connectivity index (χ0v) is 22.6. The Morgan fingerprint density at radius 3 is 2.06 bits per heavy atom. The van der Waals surface area contributed by atoms with Gasteiger partial charge in [-0.2, -0.15) is 0 Å². The first-order valence-corrected chi connectivity index (χ1v) is 14.9. The van der Waals surface area contributed by atoms with Crippen molar-refractivity contribution in [3.8, 4) is 0 Å². The molecule has 0 radical (unpaired) electrons. The van der Waals surface area contributed by atoms with E-state index >= 15 is 0 Å². The molecule has 0 aliphatic heterocycles. The van der Waals surface area contributed by atoms with E-state index in [1.54, 1.807) is 19.9 Å². The highest BCUT2D eigenvalue weighted by molar-refractivity contribution is 5.31. The summed E-state index contributed by atoms with van der Waals surface area (Å²) >= 11 is 0. The Hall–Kier alpha value is -0.900. The van der Waals surface area contributed by atoms with E-state index in [2.05, 4.69) is 6.92 Å². The number of fused-ring (bicyclic) bond motifs is 1. The van der Waals surface area contributed by atoms with Crippen LogP contribution < -0.4 is 0 Å². The fourth-order valence-electron chi connectivity index (χ4n) is 7.66. The normalized spacial score (nSPS) is 40.0. The van der Waals surface area contributed by atoms with Crippen molar-refractivity contribution < 1.29 is 18.3 Å². The highest BCUT2D eigenvalue weighted by Gasteiger charge is 2.42. The molecule has 0 saturated heterocycles. The van der Waals surface area contributed by atoms with Gasteiger partial charge in [-0.3, -0.25) is 0 Å². The standard InChI is InChI=1S/C31H50F2O2/c1-4-6-22-7-9-23(10-8-22)11-12-24-13-15-27-20-25(14-16-26(27)19-24)21-35-31(3)18-17-28(34-5-2)29(32)30(31)33/h17-18,22-27,30H,4-16,19-21H2,1-3H3. The minimum atomic E-state index is -1.80. The van der Waals surface area contributed by atoms with E-state index in [9.17, 15) is 8.78 Å². The Kier molecular flexibility index (Phi) is 9.74. The molecular formula is C31H50F2O2. The first-order valence-electron chi connectivity index (χ1n) is 14.9. The van der Waals surface area contributed by atoms with E-state index in [0.717, 1.165) is 36.0 Å². The van der Waals surface area contributed by atoms with Crippen LogP contribution >= 0.6 is 0 Å². The third-order valence-electron chi connectivity index (χ3n) is 9.93. The number of ether oxygens (including phenoxy) is 2. The minimum absolute atomic E-state index is 0.00233. The zero-order chi connectivity index (χ0) is 24.8. The number of alkyl halides is 1. The molecule has 0 aromatic rings. The van der Waals surface area contributed by atoms with E-state index in [-0.39, 0.29) is 5.76 Å². The third kappa shape index (κ3) is 6.90. The summed E-state index contributed by atoms with van der Waals surface area (Å²) in [6.45, 7) is 6.60. The predicted octanol–water partition coefficient (Wildman–Crippen LogP) is 9.11. The van der Waals surface area contributed by atoms with Gasteiger partial charge < -0.3 is 9.47 Å². The molecule has 0 spiro atoms. The largest absolute Gasteiger partial charge is 0.491 e. The van der Waals surface area contributed by atoms with Gasteiger partial charge in [0.25, 0.3) is 0 Å². The molecule has 0 amide bonds. The van der Waals surface area contributed by atoms with Crippen LogP contribution in [-0.4, -0.2) is 25.0 Å². The second-order valence-corrected chi connectivity index (χ2v) is 12.5. The van der Waals surface area contributed by atoms with Crippen LogP contribution in [0, 0.1) is 35.5 Å². The Balaban J connectivity index is 1.17. The number of hydrogen-bond acceptors (Lipinski definition) is 2. The lowest BCUT2D eigenvalue weighted by Crippen LogP contribution is -2.42. The van der Waals surface area contributed by atoms with E-state index in [0.29, 0.717) is 19.1 Å². The average Bonchev–Trinajstić information content (AvgIpc) is 2.88. The van der Waals surface area contributed by atoms with Gasteiger partial charge in [-0.25, -0.2) is 8.78 Å². The molecule has 3 fully saturated rings. The molecule has 6 atom stereocenters. The minimum Gasteiger partial charge on any atom is -0.491 e. The summed E-state index contributed by atoms with van der Waals surface area (Å²) in [5.74, 6) is 4.24. The lowest BCUT2D eigenvalue weighted by Gasteiger charge is -2.43. The summed E-state index contributed by atoms with van der Waals surface area (Å²) in [5, 5.41) is 0. The second-order valence-electron chi connectivity index (χ2n) is 12.5. The molecule has 0 bridgehead atoms. The Labute approximate surface area is 213 Å². The first-order chi connectivity index (χ1) is 16.9. The van der Waals surface area contributed by atoms with Gasteiger partial charge in [0, 0.05) is 0 Å². The molecule has 4 aliphatic rings. The zero-order valence-electron chi connectivity index (χ0n) is 22.6. The Morgan fingerprint density at radius 1 is 0.829 bits per heavy atom. The second kappa shape index (κ2) is 12.6. The number of rotatable bonds is 10. The molecule has 4 rings (SSSR count). The van der Waals surface area contributed by atoms with Crippen LogP contribution in [-0.2, 0) is 9.47 Å². The van der Waals surface area contributed by atoms with Crippen LogP contribution in [0.4, 0.5) is 8.78 Å². The molecule has 4 heteroatoms. The van der Waals surface area contributed by atoms with Gasteiger partial charge in [0.05, 0.1) is 13.2 Å².